The molecule has 0 radical (unpaired) electrons. The summed E-state index contributed by atoms with van der Waals surface area (Å²) in [5.41, 5.74) is 11.0. The molecule has 7 heteroatoms. The zero-order valence-corrected chi connectivity index (χ0v) is 11.6. The third-order valence-electron chi connectivity index (χ3n) is 2.70. The molecule has 1 rings (SSSR count). The highest BCUT2D eigenvalue weighted by Crippen LogP contribution is 2.28. The Morgan fingerprint density at radius 1 is 1.15 bits per heavy atom. The van der Waals surface area contributed by atoms with Gasteiger partial charge in [-0.2, -0.15) is 0 Å². The molecule has 0 aliphatic rings. The van der Waals surface area contributed by atoms with Crippen LogP contribution < -0.4 is 26.3 Å². The third kappa shape index (κ3) is 3.61. The van der Waals surface area contributed by atoms with Crippen LogP contribution in [0.3, 0.4) is 0 Å². The molecule has 0 saturated heterocycles. The minimum absolute atomic E-state index is 0.122. The zero-order valence-electron chi connectivity index (χ0n) is 11.6. The SMILES string of the molecule is COc1cc(OC)c(C(=O)NCCCN)cc1C(N)=O. The summed E-state index contributed by atoms with van der Waals surface area (Å²) in [6, 6.07) is 2.82. The fraction of sp³-hybridized carbons (Fsp3) is 0.385. The first-order valence-electron chi connectivity index (χ1n) is 6.09. The molecule has 0 atom stereocenters. The Kier molecular flexibility index (Phi) is 5.79. The van der Waals surface area contributed by atoms with Gasteiger partial charge in [0.15, 0.2) is 0 Å². The lowest BCUT2D eigenvalue weighted by Gasteiger charge is -2.13. The van der Waals surface area contributed by atoms with Gasteiger partial charge >= 0.3 is 0 Å². The molecule has 0 spiro atoms. The summed E-state index contributed by atoms with van der Waals surface area (Å²) in [7, 11) is 2.83. The van der Waals surface area contributed by atoms with Gasteiger partial charge in [-0.3, -0.25) is 9.59 Å². The largest absolute Gasteiger partial charge is 0.496 e. The molecule has 7 nitrogen and oxygen atoms in total. The number of primary amides is 1. The second kappa shape index (κ2) is 7.34. The average Bonchev–Trinajstić information content (AvgIpc) is 2.45. The van der Waals surface area contributed by atoms with Crippen molar-refractivity contribution in [2.45, 2.75) is 6.42 Å². The summed E-state index contributed by atoms with van der Waals surface area (Å²) in [5, 5.41) is 2.69. The second-order valence-corrected chi connectivity index (χ2v) is 4.02. The van der Waals surface area contributed by atoms with Gasteiger partial charge in [0.25, 0.3) is 11.8 Å². The maximum atomic E-state index is 12.0. The summed E-state index contributed by atoms with van der Waals surface area (Å²) in [5.74, 6) is -0.481. The second-order valence-electron chi connectivity index (χ2n) is 4.02. The normalized spacial score (nSPS) is 9.95. The minimum atomic E-state index is -0.680. The molecule has 20 heavy (non-hydrogen) atoms. The standard InChI is InChI=1S/C13H19N3O4/c1-19-10-7-11(20-2)9(6-8(10)12(15)17)13(18)16-5-3-4-14/h6-7H,3-5,14H2,1-2H3,(H2,15,17)(H,16,18). The van der Waals surface area contributed by atoms with Crippen molar-refractivity contribution >= 4 is 11.8 Å². The Bertz CT molecular complexity index is 503. The number of nitrogens with one attached hydrogen (secondary N) is 1. The van der Waals surface area contributed by atoms with Crippen LogP contribution in [0.5, 0.6) is 11.5 Å². The van der Waals surface area contributed by atoms with E-state index < -0.39 is 5.91 Å². The summed E-state index contributed by atoms with van der Waals surface area (Å²) in [6.45, 7) is 0.920. The van der Waals surface area contributed by atoms with Crippen molar-refractivity contribution in [3.05, 3.63) is 23.3 Å². The maximum absolute atomic E-state index is 12.0. The quantitative estimate of drug-likeness (QED) is 0.602. The molecule has 0 aliphatic heterocycles. The number of ether oxygens (including phenoxy) is 2. The Morgan fingerprint density at radius 3 is 2.25 bits per heavy atom. The summed E-state index contributed by atoms with van der Waals surface area (Å²) < 4.78 is 10.2. The van der Waals surface area contributed by atoms with E-state index in [1.807, 2.05) is 0 Å². The maximum Gasteiger partial charge on any atom is 0.255 e. The average molecular weight is 281 g/mol. The zero-order chi connectivity index (χ0) is 15.1. The van der Waals surface area contributed by atoms with Gasteiger partial charge in [0.05, 0.1) is 25.3 Å². The topological polar surface area (TPSA) is 117 Å². The molecule has 1 aromatic rings. The highest BCUT2D eigenvalue weighted by Gasteiger charge is 2.19. The molecular formula is C13H19N3O4. The lowest BCUT2D eigenvalue weighted by Crippen LogP contribution is -2.27. The van der Waals surface area contributed by atoms with Crippen molar-refractivity contribution in [1.82, 2.24) is 5.32 Å². The van der Waals surface area contributed by atoms with Crippen molar-refractivity contribution < 1.29 is 19.1 Å². The van der Waals surface area contributed by atoms with E-state index in [4.69, 9.17) is 20.9 Å². The van der Waals surface area contributed by atoms with Crippen LogP contribution in [-0.4, -0.2) is 39.1 Å². The molecule has 0 saturated carbocycles. The van der Waals surface area contributed by atoms with Gasteiger partial charge in [0, 0.05) is 12.6 Å². The van der Waals surface area contributed by atoms with Gasteiger partial charge in [-0.1, -0.05) is 0 Å². The van der Waals surface area contributed by atoms with Gasteiger partial charge in [0.1, 0.15) is 11.5 Å². The van der Waals surface area contributed by atoms with E-state index in [0.717, 1.165) is 0 Å². The molecule has 0 heterocycles. The minimum Gasteiger partial charge on any atom is -0.496 e. The van der Waals surface area contributed by atoms with Crippen LogP contribution in [0.2, 0.25) is 0 Å². The number of methoxy groups -OCH3 is 2. The third-order valence-corrected chi connectivity index (χ3v) is 2.70. The van der Waals surface area contributed by atoms with E-state index in [2.05, 4.69) is 5.32 Å². The predicted octanol–water partition coefficient (Wildman–Crippen LogP) is -0.119. The van der Waals surface area contributed by atoms with Gasteiger partial charge in [0.2, 0.25) is 0 Å². The van der Waals surface area contributed by atoms with Crippen molar-refractivity contribution in [3.63, 3.8) is 0 Å². The van der Waals surface area contributed by atoms with Crippen LogP contribution >= 0.6 is 0 Å². The van der Waals surface area contributed by atoms with Crippen LogP contribution in [0, 0.1) is 0 Å². The Hall–Kier alpha value is -2.28. The number of carbonyl (C=O) groups excluding carboxylic acids is 2. The first-order valence-corrected chi connectivity index (χ1v) is 6.09. The monoisotopic (exact) mass is 281 g/mol. The van der Waals surface area contributed by atoms with Crippen molar-refractivity contribution in [2.24, 2.45) is 11.5 Å². The number of rotatable bonds is 7. The van der Waals surface area contributed by atoms with Crippen LogP contribution in [-0.2, 0) is 0 Å². The fourth-order valence-corrected chi connectivity index (χ4v) is 1.67. The van der Waals surface area contributed by atoms with Crippen molar-refractivity contribution in [3.8, 4) is 11.5 Å². The van der Waals surface area contributed by atoms with Gasteiger partial charge < -0.3 is 26.3 Å². The van der Waals surface area contributed by atoms with Crippen LogP contribution in [0.1, 0.15) is 27.1 Å². The van der Waals surface area contributed by atoms with E-state index in [9.17, 15) is 9.59 Å². The van der Waals surface area contributed by atoms with E-state index in [1.165, 1.54) is 26.4 Å². The van der Waals surface area contributed by atoms with Crippen LogP contribution in [0.25, 0.3) is 0 Å². The molecule has 2 amide bonds. The van der Waals surface area contributed by atoms with E-state index in [-0.39, 0.29) is 22.8 Å². The Morgan fingerprint density at radius 2 is 1.75 bits per heavy atom. The fourth-order valence-electron chi connectivity index (χ4n) is 1.67. The molecule has 5 N–H and O–H groups in total. The first-order chi connectivity index (χ1) is 9.54. The van der Waals surface area contributed by atoms with E-state index in [1.54, 1.807) is 0 Å². The van der Waals surface area contributed by atoms with Crippen LogP contribution in [0.4, 0.5) is 0 Å². The van der Waals surface area contributed by atoms with Crippen molar-refractivity contribution in [1.29, 1.82) is 0 Å². The molecule has 0 bridgehead atoms. The van der Waals surface area contributed by atoms with Crippen LogP contribution in [0.15, 0.2) is 12.1 Å². The van der Waals surface area contributed by atoms with Gasteiger partial charge in [-0.05, 0) is 19.0 Å². The highest BCUT2D eigenvalue weighted by atomic mass is 16.5. The number of benzene rings is 1. The number of nitrogens with two attached hydrogens (primary N) is 2. The number of carbonyl (C=O) groups is 2. The number of amides is 2. The lowest BCUT2D eigenvalue weighted by atomic mass is 10.1. The highest BCUT2D eigenvalue weighted by molar-refractivity contribution is 6.02. The Labute approximate surface area is 117 Å². The summed E-state index contributed by atoms with van der Waals surface area (Å²) >= 11 is 0. The lowest BCUT2D eigenvalue weighted by molar-refractivity contribution is 0.0950. The smallest absolute Gasteiger partial charge is 0.255 e. The number of hydrogen-bond donors (Lipinski definition) is 3. The van der Waals surface area contributed by atoms with Crippen molar-refractivity contribution in [2.75, 3.05) is 27.3 Å². The van der Waals surface area contributed by atoms with Gasteiger partial charge in [-0.15, -0.1) is 0 Å². The molecule has 0 aliphatic carbocycles. The van der Waals surface area contributed by atoms with E-state index in [0.29, 0.717) is 25.3 Å². The molecule has 0 aromatic heterocycles. The molecule has 0 fully saturated rings. The molecular weight excluding hydrogens is 262 g/mol. The summed E-state index contributed by atoms with van der Waals surface area (Å²) in [6.07, 6.45) is 0.660. The van der Waals surface area contributed by atoms with E-state index >= 15 is 0 Å². The summed E-state index contributed by atoms with van der Waals surface area (Å²) in [4.78, 5) is 23.4. The predicted molar refractivity (Wildman–Crippen MR) is 74.1 cm³/mol. The first kappa shape index (κ1) is 15.8. The van der Waals surface area contributed by atoms with Gasteiger partial charge in [-0.25, -0.2) is 0 Å². The Balaban J connectivity index is 3.13. The molecule has 110 valence electrons. The number of hydrogen-bond acceptors (Lipinski definition) is 5. The molecule has 1 aromatic carbocycles. The molecule has 0 unspecified atom stereocenters.